The molecule has 114 valence electrons. The Morgan fingerprint density at radius 3 is 2.86 bits per heavy atom. The summed E-state index contributed by atoms with van der Waals surface area (Å²) in [5.41, 5.74) is 0.827. The van der Waals surface area contributed by atoms with Crippen LogP contribution < -0.4 is 4.72 Å². The SMILES string of the molecule is O=S1(=O)CCC[C@H](NS(=O)(=O)c2cccc3nsnc23)C1. The predicted molar refractivity (Wildman–Crippen MR) is 79.4 cm³/mol. The van der Waals surface area contributed by atoms with Crippen molar-refractivity contribution in [2.45, 2.75) is 23.8 Å². The molecule has 0 unspecified atom stereocenters. The van der Waals surface area contributed by atoms with Gasteiger partial charge in [0.05, 0.1) is 23.2 Å². The van der Waals surface area contributed by atoms with Gasteiger partial charge >= 0.3 is 0 Å². The molecule has 2 heterocycles. The average Bonchev–Trinajstić information content (AvgIpc) is 2.84. The van der Waals surface area contributed by atoms with Gasteiger partial charge in [-0.2, -0.15) is 8.75 Å². The standard InChI is InChI=1S/C11H13N3O4S3/c15-20(16)6-2-3-8(7-20)14-21(17,18)10-5-1-4-9-11(10)13-19-12-9/h1,4-5,8,14H,2-3,6-7H2/t8-/m0/s1. The predicted octanol–water partition coefficient (Wildman–Crippen LogP) is 0.547. The van der Waals surface area contributed by atoms with E-state index >= 15 is 0 Å². The smallest absolute Gasteiger partial charge is 0.229 e. The van der Waals surface area contributed by atoms with Crippen LogP contribution in [-0.4, -0.2) is 43.1 Å². The molecule has 1 aromatic carbocycles. The van der Waals surface area contributed by atoms with Gasteiger partial charge in [-0.05, 0) is 25.0 Å². The number of hydrogen-bond donors (Lipinski definition) is 1. The van der Waals surface area contributed by atoms with Gasteiger partial charge in [0.15, 0.2) is 9.84 Å². The lowest BCUT2D eigenvalue weighted by Gasteiger charge is -2.22. The quantitative estimate of drug-likeness (QED) is 0.869. The van der Waals surface area contributed by atoms with Crippen LogP contribution in [0.5, 0.6) is 0 Å². The molecule has 0 radical (unpaired) electrons. The Balaban J connectivity index is 1.92. The highest BCUT2D eigenvalue weighted by atomic mass is 32.2. The molecule has 21 heavy (non-hydrogen) atoms. The van der Waals surface area contributed by atoms with Gasteiger partial charge in [0.2, 0.25) is 10.0 Å². The van der Waals surface area contributed by atoms with Crippen LogP contribution in [0.2, 0.25) is 0 Å². The van der Waals surface area contributed by atoms with Crippen LogP contribution in [0.4, 0.5) is 0 Å². The molecule has 2 aromatic rings. The van der Waals surface area contributed by atoms with Gasteiger partial charge in [0.25, 0.3) is 0 Å². The monoisotopic (exact) mass is 347 g/mol. The molecule has 0 aliphatic carbocycles. The number of hydrogen-bond acceptors (Lipinski definition) is 7. The number of sulfone groups is 1. The molecule has 1 saturated heterocycles. The van der Waals surface area contributed by atoms with Crippen molar-refractivity contribution in [2.24, 2.45) is 0 Å². The van der Waals surface area contributed by atoms with E-state index in [9.17, 15) is 16.8 Å². The maximum absolute atomic E-state index is 12.5. The number of benzene rings is 1. The van der Waals surface area contributed by atoms with Crippen molar-refractivity contribution in [3.8, 4) is 0 Å². The van der Waals surface area contributed by atoms with Crippen LogP contribution in [-0.2, 0) is 19.9 Å². The van der Waals surface area contributed by atoms with Crippen molar-refractivity contribution in [1.82, 2.24) is 13.5 Å². The number of aromatic nitrogens is 2. The lowest BCUT2D eigenvalue weighted by molar-refractivity contribution is 0.517. The first kappa shape index (κ1) is 14.8. The molecule has 1 N–H and O–H groups in total. The van der Waals surface area contributed by atoms with Crippen molar-refractivity contribution in [3.05, 3.63) is 18.2 Å². The molecular weight excluding hydrogens is 334 g/mol. The Morgan fingerprint density at radius 2 is 2.10 bits per heavy atom. The van der Waals surface area contributed by atoms with E-state index in [1.54, 1.807) is 12.1 Å². The Labute approximate surface area is 126 Å². The minimum Gasteiger partial charge on any atom is -0.229 e. The van der Waals surface area contributed by atoms with E-state index in [0.717, 1.165) is 11.7 Å². The Morgan fingerprint density at radius 1 is 1.29 bits per heavy atom. The van der Waals surface area contributed by atoms with E-state index in [2.05, 4.69) is 13.5 Å². The van der Waals surface area contributed by atoms with Gasteiger partial charge < -0.3 is 0 Å². The number of fused-ring (bicyclic) bond motifs is 1. The molecule has 1 aliphatic rings. The zero-order valence-corrected chi connectivity index (χ0v) is 13.3. The van der Waals surface area contributed by atoms with Crippen molar-refractivity contribution in [2.75, 3.05) is 11.5 Å². The van der Waals surface area contributed by atoms with Gasteiger partial charge in [-0.15, -0.1) is 0 Å². The second kappa shape index (κ2) is 5.27. The highest BCUT2D eigenvalue weighted by Crippen LogP contribution is 2.22. The molecule has 3 rings (SSSR count). The largest absolute Gasteiger partial charge is 0.243 e. The zero-order valence-electron chi connectivity index (χ0n) is 10.9. The van der Waals surface area contributed by atoms with Gasteiger partial charge in [0, 0.05) is 6.04 Å². The topological polar surface area (TPSA) is 106 Å². The third-order valence-electron chi connectivity index (χ3n) is 3.32. The molecule has 0 amide bonds. The fourth-order valence-corrected chi connectivity index (χ4v) is 6.18. The summed E-state index contributed by atoms with van der Waals surface area (Å²) in [5.74, 6) is -0.0334. The molecule has 0 saturated carbocycles. The van der Waals surface area contributed by atoms with Crippen LogP contribution in [0.1, 0.15) is 12.8 Å². The van der Waals surface area contributed by atoms with Gasteiger partial charge in [-0.1, -0.05) is 6.07 Å². The normalized spacial score (nSPS) is 22.4. The number of sulfonamides is 1. The van der Waals surface area contributed by atoms with Crippen molar-refractivity contribution in [3.63, 3.8) is 0 Å². The van der Waals surface area contributed by atoms with E-state index in [-0.39, 0.29) is 16.4 Å². The second-order valence-corrected chi connectivity index (χ2v) is 9.40. The van der Waals surface area contributed by atoms with E-state index in [1.165, 1.54) is 6.07 Å². The first-order chi connectivity index (χ1) is 9.87. The van der Waals surface area contributed by atoms with Gasteiger partial charge in [-0.25, -0.2) is 21.6 Å². The second-order valence-electron chi connectivity index (χ2n) is 4.96. The highest BCUT2D eigenvalue weighted by molar-refractivity contribution is 7.91. The minimum absolute atomic E-state index is 0.0386. The van der Waals surface area contributed by atoms with Crippen LogP contribution in [0.25, 0.3) is 11.0 Å². The minimum atomic E-state index is -3.82. The molecule has 0 bridgehead atoms. The Hall–Kier alpha value is -1.10. The van der Waals surface area contributed by atoms with Crippen LogP contribution in [0, 0.1) is 0 Å². The lowest BCUT2D eigenvalue weighted by atomic mass is 10.2. The molecule has 1 aliphatic heterocycles. The average molecular weight is 347 g/mol. The van der Waals surface area contributed by atoms with E-state index in [0.29, 0.717) is 23.9 Å². The molecule has 1 atom stereocenters. The maximum atomic E-state index is 12.5. The van der Waals surface area contributed by atoms with Crippen molar-refractivity contribution >= 4 is 42.6 Å². The Bertz CT molecular complexity index is 873. The first-order valence-electron chi connectivity index (χ1n) is 6.31. The first-order valence-corrected chi connectivity index (χ1v) is 10.3. The van der Waals surface area contributed by atoms with Gasteiger partial charge in [-0.3, -0.25) is 0 Å². The molecular formula is C11H13N3O4S3. The third-order valence-corrected chi connectivity index (χ3v) is 7.24. The number of nitrogens with one attached hydrogen (secondary N) is 1. The molecule has 1 fully saturated rings. The number of rotatable bonds is 3. The lowest BCUT2D eigenvalue weighted by Crippen LogP contribution is -2.43. The summed E-state index contributed by atoms with van der Waals surface area (Å²) in [5, 5.41) is 0. The Kier molecular flexibility index (Phi) is 3.72. The zero-order chi connectivity index (χ0) is 15.1. The molecule has 1 aromatic heterocycles. The summed E-state index contributed by atoms with van der Waals surface area (Å²) >= 11 is 0.941. The van der Waals surface area contributed by atoms with E-state index < -0.39 is 25.9 Å². The summed E-state index contributed by atoms with van der Waals surface area (Å²) in [6.45, 7) is 0. The summed E-state index contributed by atoms with van der Waals surface area (Å²) in [4.78, 5) is 0.0386. The summed E-state index contributed by atoms with van der Waals surface area (Å²) in [6.07, 6.45) is 0.988. The molecule has 7 nitrogen and oxygen atoms in total. The number of nitrogens with zero attached hydrogens (tertiary/aromatic N) is 2. The summed E-state index contributed by atoms with van der Waals surface area (Å²) < 4.78 is 58.6. The summed E-state index contributed by atoms with van der Waals surface area (Å²) in [7, 11) is -6.99. The van der Waals surface area contributed by atoms with E-state index in [4.69, 9.17) is 0 Å². The highest BCUT2D eigenvalue weighted by Gasteiger charge is 2.29. The van der Waals surface area contributed by atoms with Crippen LogP contribution in [0.15, 0.2) is 23.1 Å². The maximum Gasteiger partial charge on any atom is 0.243 e. The van der Waals surface area contributed by atoms with Crippen molar-refractivity contribution in [1.29, 1.82) is 0 Å². The third kappa shape index (κ3) is 3.07. The summed E-state index contributed by atoms with van der Waals surface area (Å²) in [6, 6.07) is 4.14. The fourth-order valence-electron chi connectivity index (χ4n) is 2.40. The van der Waals surface area contributed by atoms with Crippen molar-refractivity contribution < 1.29 is 16.8 Å². The molecule has 0 spiro atoms. The van der Waals surface area contributed by atoms with Crippen LogP contribution in [0.3, 0.4) is 0 Å². The van der Waals surface area contributed by atoms with Crippen LogP contribution >= 0.6 is 11.7 Å². The fraction of sp³-hybridized carbons (Fsp3) is 0.455. The molecule has 10 heteroatoms. The van der Waals surface area contributed by atoms with Gasteiger partial charge in [0.1, 0.15) is 15.9 Å². The van der Waals surface area contributed by atoms with E-state index in [1.807, 2.05) is 0 Å².